The molecule has 0 bridgehead atoms. The Balaban J connectivity index is 1.53. The monoisotopic (exact) mass is 347 g/mol. The average Bonchev–Trinajstić information content (AvgIpc) is 2.60. The third-order valence-corrected chi connectivity index (χ3v) is 6.03. The summed E-state index contributed by atoms with van der Waals surface area (Å²) in [5, 5.41) is 1.99. The number of piperazine rings is 1. The van der Waals surface area contributed by atoms with Gasteiger partial charge in [-0.05, 0) is 42.9 Å². The molecule has 1 aliphatic rings. The van der Waals surface area contributed by atoms with E-state index in [0.717, 1.165) is 49.9 Å². The molecule has 5 nitrogen and oxygen atoms in total. The van der Waals surface area contributed by atoms with Gasteiger partial charge in [0, 0.05) is 32.7 Å². The maximum Gasteiger partial charge on any atom is 0.240 e. The Kier molecular flexibility index (Phi) is 5.50. The highest BCUT2D eigenvalue weighted by Crippen LogP contribution is 2.18. The van der Waals surface area contributed by atoms with Crippen molar-refractivity contribution in [3.05, 3.63) is 42.5 Å². The number of fused-ring (bicyclic) bond motifs is 1. The summed E-state index contributed by atoms with van der Waals surface area (Å²) in [5.41, 5.74) is 0. The van der Waals surface area contributed by atoms with Crippen molar-refractivity contribution >= 4 is 20.8 Å². The molecule has 2 aromatic carbocycles. The van der Waals surface area contributed by atoms with Gasteiger partial charge in [0.1, 0.15) is 0 Å². The highest BCUT2D eigenvalue weighted by Gasteiger charge is 2.15. The predicted molar refractivity (Wildman–Crippen MR) is 97.7 cm³/mol. The van der Waals surface area contributed by atoms with Crippen LogP contribution in [0.5, 0.6) is 0 Å². The Morgan fingerprint density at radius 1 is 1.00 bits per heavy atom. The molecular weight excluding hydrogens is 322 g/mol. The molecule has 1 heterocycles. The van der Waals surface area contributed by atoms with Crippen molar-refractivity contribution in [3.63, 3.8) is 0 Å². The molecule has 2 aromatic rings. The molecule has 0 saturated carbocycles. The Hall–Kier alpha value is -1.47. The van der Waals surface area contributed by atoms with Crippen LogP contribution in [0.1, 0.15) is 6.42 Å². The molecule has 0 aliphatic carbocycles. The molecule has 6 heteroatoms. The molecule has 1 aliphatic heterocycles. The first-order valence-corrected chi connectivity index (χ1v) is 9.92. The molecule has 0 atom stereocenters. The van der Waals surface area contributed by atoms with Crippen molar-refractivity contribution in [3.8, 4) is 0 Å². The van der Waals surface area contributed by atoms with Gasteiger partial charge in [-0.1, -0.05) is 30.3 Å². The fourth-order valence-electron chi connectivity index (χ4n) is 3.00. The fraction of sp³-hybridized carbons (Fsp3) is 0.444. The van der Waals surface area contributed by atoms with Gasteiger partial charge in [-0.25, -0.2) is 13.1 Å². The normalized spacial score (nSPS) is 17.4. The first kappa shape index (κ1) is 17.4. The number of rotatable bonds is 6. The highest BCUT2D eigenvalue weighted by molar-refractivity contribution is 7.89. The van der Waals surface area contributed by atoms with Crippen LogP contribution in [-0.2, 0) is 10.0 Å². The van der Waals surface area contributed by atoms with Gasteiger partial charge in [0.25, 0.3) is 0 Å². The smallest absolute Gasteiger partial charge is 0.240 e. The first-order valence-electron chi connectivity index (χ1n) is 8.44. The lowest BCUT2D eigenvalue weighted by Crippen LogP contribution is -2.45. The molecular formula is C18H25N3O2S. The van der Waals surface area contributed by atoms with Crippen molar-refractivity contribution in [1.29, 1.82) is 0 Å². The van der Waals surface area contributed by atoms with Crippen LogP contribution in [0.25, 0.3) is 10.8 Å². The summed E-state index contributed by atoms with van der Waals surface area (Å²) in [6, 6.07) is 13.0. The van der Waals surface area contributed by atoms with Gasteiger partial charge in [0.05, 0.1) is 4.90 Å². The van der Waals surface area contributed by atoms with Crippen LogP contribution in [0.2, 0.25) is 0 Å². The minimum Gasteiger partial charge on any atom is -0.304 e. The maximum atomic E-state index is 12.4. The quantitative estimate of drug-likeness (QED) is 0.809. The van der Waals surface area contributed by atoms with E-state index in [2.05, 4.69) is 21.6 Å². The van der Waals surface area contributed by atoms with E-state index in [-0.39, 0.29) is 0 Å². The van der Waals surface area contributed by atoms with Crippen LogP contribution in [0.3, 0.4) is 0 Å². The lowest BCUT2D eigenvalue weighted by molar-refractivity contribution is 0.153. The van der Waals surface area contributed by atoms with Crippen molar-refractivity contribution in [1.82, 2.24) is 14.5 Å². The van der Waals surface area contributed by atoms with Crippen LogP contribution in [0.4, 0.5) is 0 Å². The van der Waals surface area contributed by atoms with E-state index in [9.17, 15) is 8.42 Å². The van der Waals surface area contributed by atoms with Crippen molar-refractivity contribution < 1.29 is 8.42 Å². The zero-order chi connectivity index (χ0) is 17.0. The summed E-state index contributed by atoms with van der Waals surface area (Å²) in [6.07, 6.45) is 0.830. The fourth-order valence-corrected chi connectivity index (χ4v) is 4.11. The third kappa shape index (κ3) is 4.33. The minimum absolute atomic E-state index is 0.334. The Labute approximate surface area is 144 Å². The standard InChI is InChI=1S/C18H25N3O2S/c1-20-11-13-21(14-12-20)10-4-9-19-24(22,23)18-8-7-16-5-2-3-6-17(16)15-18/h2-3,5-8,15,19H,4,9-14H2,1H3. The van der Waals surface area contributed by atoms with Crippen LogP contribution in [0.15, 0.2) is 47.4 Å². The molecule has 0 radical (unpaired) electrons. The zero-order valence-electron chi connectivity index (χ0n) is 14.1. The number of sulfonamides is 1. The second-order valence-electron chi connectivity index (χ2n) is 6.41. The minimum atomic E-state index is -3.44. The molecule has 130 valence electrons. The molecule has 1 N–H and O–H groups in total. The average molecular weight is 347 g/mol. The number of nitrogens with one attached hydrogen (secondary N) is 1. The summed E-state index contributed by atoms with van der Waals surface area (Å²) < 4.78 is 27.6. The lowest BCUT2D eigenvalue weighted by Gasteiger charge is -2.32. The summed E-state index contributed by atoms with van der Waals surface area (Å²) in [6.45, 7) is 5.71. The van der Waals surface area contributed by atoms with E-state index < -0.39 is 10.0 Å². The summed E-state index contributed by atoms with van der Waals surface area (Å²) in [5.74, 6) is 0. The molecule has 0 unspecified atom stereocenters. The van der Waals surface area contributed by atoms with Gasteiger partial charge >= 0.3 is 0 Å². The number of likely N-dealkylation sites (N-methyl/N-ethyl adjacent to an activating group) is 1. The number of hydrogen-bond donors (Lipinski definition) is 1. The number of nitrogens with zero attached hydrogens (tertiary/aromatic N) is 2. The summed E-state index contributed by atoms with van der Waals surface area (Å²) in [7, 11) is -1.31. The second-order valence-corrected chi connectivity index (χ2v) is 8.17. The summed E-state index contributed by atoms with van der Waals surface area (Å²) in [4.78, 5) is 5.05. The summed E-state index contributed by atoms with van der Waals surface area (Å²) >= 11 is 0. The van der Waals surface area contributed by atoms with E-state index in [4.69, 9.17) is 0 Å². The van der Waals surface area contributed by atoms with Gasteiger partial charge in [-0.2, -0.15) is 0 Å². The predicted octanol–water partition coefficient (Wildman–Crippen LogP) is 1.76. The second kappa shape index (κ2) is 7.61. The Morgan fingerprint density at radius 2 is 1.71 bits per heavy atom. The van der Waals surface area contributed by atoms with Crippen LogP contribution in [0, 0.1) is 0 Å². The van der Waals surface area contributed by atoms with Crippen LogP contribution < -0.4 is 4.72 Å². The molecule has 1 fully saturated rings. The van der Waals surface area contributed by atoms with Gasteiger partial charge < -0.3 is 9.80 Å². The largest absolute Gasteiger partial charge is 0.304 e. The maximum absolute atomic E-state index is 12.4. The topological polar surface area (TPSA) is 52.6 Å². The van der Waals surface area contributed by atoms with Crippen LogP contribution in [-0.4, -0.2) is 64.5 Å². The van der Waals surface area contributed by atoms with Gasteiger partial charge in [0.15, 0.2) is 0 Å². The first-order chi connectivity index (χ1) is 11.5. The van der Waals surface area contributed by atoms with E-state index in [1.165, 1.54) is 0 Å². The lowest BCUT2D eigenvalue weighted by atomic mass is 10.1. The molecule has 0 spiro atoms. The van der Waals surface area contributed by atoms with Crippen molar-refractivity contribution in [2.24, 2.45) is 0 Å². The van der Waals surface area contributed by atoms with E-state index in [1.807, 2.05) is 30.3 Å². The van der Waals surface area contributed by atoms with Crippen LogP contribution >= 0.6 is 0 Å². The molecule has 3 rings (SSSR count). The van der Waals surface area contributed by atoms with E-state index >= 15 is 0 Å². The van der Waals surface area contributed by atoms with Gasteiger partial charge in [-0.3, -0.25) is 0 Å². The van der Waals surface area contributed by atoms with E-state index in [0.29, 0.717) is 11.4 Å². The van der Waals surface area contributed by atoms with Gasteiger partial charge in [-0.15, -0.1) is 0 Å². The zero-order valence-corrected chi connectivity index (χ0v) is 14.9. The molecule has 0 amide bonds. The number of benzene rings is 2. The van der Waals surface area contributed by atoms with E-state index in [1.54, 1.807) is 12.1 Å². The van der Waals surface area contributed by atoms with Crippen molar-refractivity contribution in [2.75, 3.05) is 46.3 Å². The number of hydrogen-bond acceptors (Lipinski definition) is 4. The Morgan fingerprint density at radius 3 is 2.46 bits per heavy atom. The molecule has 24 heavy (non-hydrogen) atoms. The van der Waals surface area contributed by atoms with Crippen molar-refractivity contribution in [2.45, 2.75) is 11.3 Å². The SMILES string of the molecule is CN1CCN(CCCNS(=O)(=O)c2ccc3ccccc3c2)CC1. The highest BCUT2D eigenvalue weighted by atomic mass is 32.2. The third-order valence-electron chi connectivity index (χ3n) is 4.57. The Bertz CT molecular complexity index is 784. The molecule has 0 aromatic heterocycles. The molecule has 1 saturated heterocycles. The van der Waals surface area contributed by atoms with Gasteiger partial charge in [0.2, 0.25) is 10.0 Å².